The summed E-state index contributed by atoms with van der Waals surface area (Å²) in [5, 5.41) is 20.2. The second-order valence-corrected chi connectivity index (χ2v) is 5.05. The number of rotatable bonds is 6. The number of alkyl halides is 3. The zero-order valence-corrected chi connectivity index (χ0v) is 13.6. The third-order valence-electron chi connectivity index (χ3n) is 3.11. The number of carbonyl (C=O) groups excluding carboxylic acids is 1. The number of hydrogen-bond acceptors (Lipinski definition) is 6. The molecule has 1 amide bonds. The molecule has 0 radical (unpaired) electrons. The molecule has 3 N–H and O–H groups in total. The molecule has 2 aromatic rings. The average Bonchev–Trinajstić information content (AvgIpc) is 3.17. The van der Waals surface area contributed by atoms with Crippen LogP contribution in [-0.2, 0) is 11.0 Å². The largest absolute Gasteiger partial charge is 0.480 e. The summed E-state index contributed by atoms with van der Waals surface area (Å²) < 4.78 is 38.5. The molecule has 0 bridgehead atoms. The SMILES string of the molecule is C/C=C/CC(NC(=O)c1nc(C)n(-c2n[nH]c(C(F)(F)F)n2)n1)C(=O)O. The number of carboxylic acids is 1. The molecule has 26 heavy (non-hydrogen) atoms. The highest BCUT2D eigenvalue weighted by molar-refractivity contribution is 5.93. The molecule has 0 aliphatic rings. The van der Waals surface area contributed by atoms with E-state index in [1.54, 1.807) is 24.2 Å². The molecule has 0 saturated carbocycles. The van der Waals surface area contributed by atoms with Gasteiger partial charge in [-0.3, -0.25) is 9.89 Å². The van der Waals surface area contributed by atoms with Crippen molar-refractivity contribution in [2.75, 3.05) is 0 Å². The minimum Gasteiger partial charge on any atom is -0.480 e. The fourth-order valence-electron chi connectivity index (χ4n) is 1.87. The van der Waals surface area contributed by atoms with Crippen molar-refractivity contribution in [2.24, 2.45) is 0 Å². The van der Waals surface area contributed by atoms with Crippen LogP contribution in [0.5, 0.6) is 0 Å². The van der Waals surface area contributed by atoms with Crippen molar-refractivity contribution in [3.05, 3.63) is 29.6 Å². The number of amides is 1. The number of aryl methyl sites for hydroxylation is 1. The van der Waals surface area contributed by atoms with Crippen molar-refractivity contribution in [1.29, 1.82) is 0 Å². The lowest BCUT2D eigenvalue weighted by molar-refractivity contribution is -0.144. The van der Waals surface area contributed by atoms with Crippen molar-refractivity contribution in [3.63, 3.8) is 0 Å². The molecular weight excluding hydrogens is 359 g/mol. The lowest BCUT2D eigenvalue weighted by Crippen LogP contribution is -2.40. The summed E-state index contributed by atoms with van der Waals surface area (Å²) in [5.41, 5.74) is 0. The topological polar surface area (TPSA) is 139 Å². The summed E-state index contributed by atoms with van der Waals surface area (Å²) in [6, 6.07) is -1.20. The van der Waals surface area contributed by atoms with Gasteiger partial charge in [-0.2, -0.15) is 22.8 Å². The van der Waals surface area contributed by atoms with Crippen LogP contribution in [0.4, 0.5) is 13.2 Å². The quantitative estimate of drug-likeness (QED) is 0.638. The van der Waals surface area contributed by atoms with Gasteiger partial charge in [-0.15, -0.1) is 10.2 Å². The molecule has 0 saturated heterocycles. The van der Waals surface area contributed by atoms with E-state index in [-0.39, 0.29) is 12.2 Å². The van der Waals surface area contributed by atoms with Gasteiger partial charge in [0.2, 0.25) is 11.6 Å². The maximum Gasteiger partial charge on any atom is 0.451 e. The van der Waals surface area contributed by atoms with Crippen molar-refractivity contribution in [2.45, 2.75) is 32.5 Å². The van der Waals surface area contributed by atoms with Crippen molar-refractivity contribution in [1.82, 2.24) is 35.3 Å². The van der Waals surface area contributed by atoms with E-state index in [0.29, 0.717) is 0 Å². The molecule has 140 valence electrons. The van der Waals surface area contributed by atoms with Gasteiger partial charge in [0.05, 0.1) is 0 Å². The normalized spacial score (nSPS) is 13.1. The number of nitrogens with zero attached hydrogens (tertiary/aromatic N) is 5. The summed E-state index contributed by atoms with van der Waals surface area (Å²) in [6.07, 6.45) is -1.49. The van der Waals surface area contributed by atoms with Gasteiger partial charge in [-0.05, 0) is 20.3 Å². The zero-order chi connectivity index (χ0) is 19.5. The van der Waals surface area contributed by atoms with Crippen molar-refractivity contribution >= 4 is 11.9 Å². The van der Waals surface area contributed by atoms with E-state index >= 15 is 0 Å². The van der Waals surface area contributed by atoms with Gasteiger partial charge in [-0.25, -0.2) is 9.78 Å². The lowest BCUT2D eigenvalue weighted by atomic mass is 10.2. The van der Waals surface area contributed by atoms with Gasteiger partial charge < -0.3 is 10.4 Å². The van der Waals surface area contributed by atoms with Crippen LogP contribution in [-0.4, -0.2) is 53.0 Å². The summed E-state index contributed by atoms with van der Waals surface area (Å²) in [6.45, 7) is 3.07. The summed E-state index contributed by atoms with van der Waals surface area (Å²) in [5.74, 6) is -4.31. The van der Waals surface area contributed by atoms with Gasteiger partial charge in [0.15, 0.2) is 0 Å². The first kappa shape index (κ1) is 19.1. The molecule has 2 rings (SSSR count). The standard InChI is InChI=1S/C13H14F3N7O3/c1-3-4-5-7(10(25)26)18-9(24)8-17-6(2)23(22-8)12-19-11(20-21-12)13(14,15)16/h3-4,7H,5H2,1-2H3,(H,18,24)(H,25,26)(H,19,20,21)/b4-3+. The van der Waals surface area contributed by atoms with Crippen LogP contribution in [0, 0.1) is 6.92 Å². The van der Waals surface area contributed by atoms with Crippen LogP contribution in [0.1, 0.15) is 35.6 Å². The van der Waals surface area contributed by atoms with Gasteiger partial charge >= 0.3 is 12.1 Å². The first-order valence-corrected chi connectivity index (χ1v) is 7.22. The first-order valence-electron chi connectivity index (χ1n) is 7.22. The van der Waals surface area contributed by atoms with E-state index in [4.69, 9.17) is 5.11 Å². The third kappa shape index (κ3) is 4.23. The Bertz CT molecular complexity index is 840. The Morgan fingerprint density at radius 3 is 2.62 bits per heavy atom. The molecule has 10 nitrogen and oxygen atoms in total. The molecule has 0 aliphatic carbocycles. The molecule has 2 heterocycles. The smallest absolute Gasteiger partial charge is 0.451 e. The predicted molar refractivity (Wildman–Crippen MR) is 79.4 cm³/mol. The first-order chi connectivity index (χ1) is 12.1. The Hall–Kier alpha value is -3.25. The number of aromatic amines is 1. The average molecular weight is 373 g/mol. The third-order valence-corrected chi connectivity index (χ3v) is 3.11. The van der Waals surface area contributed by atoms with Crippen molar-refractivity contribution < 1.29 is 27.9 Å². The highest BCUT2D eigenvalue weighted by atomic mass is 19.4. The molecule has 1 atom stereocenters. The van der Waals surface area contributed by atoms with Crippen LogP contribution in [0.2, 0.25) is 0 Å². The van der Waals surface area contributed by atoms with Crippen LogP contribution in [0.15, 0.2) is 12.2 Å². The maximum absolute atomic E-state index is 12.6. The van der Waals surface area contributed by atoms with E-state index in [2.05, 4.69) is 25.5 Å². The summed E-state index contributed by atoms with van der Waals surface area (Å²) >= 11 is 0. The number of nitrogens with one attached hydrogen (secondary N) is 2. The molecule has 0 fully saturated rings. The van der Waals surface area contributed by atoms with Crippen LogP contribution in [0.25, 0.3) is 5.95 Å². The Balaban J connectivity index is 2.22. The maximum atomic E-state index is 12.6. The van der Waals surface area contributed by atoms with Gasteiger partial charge in [-0.1, -0.05) is 12.2 Å². The van der Waals surface area contributed by atoms with E-state index < -0.39 is 41.7 Å². The number of aliphatic carboxylic acids is 1. The molecule has 1 unspecified atom stereocenters. The lowest BCUT2D eigenvalue weighted by Gasteiger charge is -2.10. The number of allylic oxidation sites excluding steroid dienone is 1. The van der Waals surface area contributed by atoms with E-state index in [0.717, 1.165) is 4.68 Å². The molecule has 13 heteroatoms. The number of aromatic nitrogens is 6. The zero-order valence-electron chi connectivity index (χ0n) is 13.6. The Morgan fingerprint density at radius 2 is 2.08 bits per heavy atom. The van der Waals surface area contributed by atoms with E-state index in [9.17, 15) is 22.8 Å². The van der Waals surface area contributed by atoms with Crippen LogP contribution in [0.3, 0.4) is 0 Å². The fourth-order valence-corrected chi connectivity index (χ4v) is 1.87. The minimum atomic E-state index is -4.72. The minimum absolute atomic E-state index is 0.0446. The molecule has 0 spiro atoms. The van der Waals surface area contributed by atoms with Gasteiger partial charge in [0.25, 0.3) is 11.9 Å². The Morgan fingerprint density at radius 1 is 1.38 bits per heavy atom. The molecule has 0 aromatic carbocycles. The van der Waals surface area contributed by atoms with E-state index in [1.807, 2.05) is 0 Å². The number of carbonyl (C=O) groups is 2. The summed E-state index contributed by atoms with van der Waals surface area (Å²) in [4.78, 5) is 30.3. The Labute approximate surface area is 144 Å². The fraction of sp³-hybridized carbons (Fsp3) is 0.385. The highest BCUT2D eigenvalue weighted by Crippen LogP contribution is 2.26. The second-order valence-electron chi connectivity index (χ2n) is 5.05. The van der Waals surface area contributed by atoms with Gasteiger partial charge in [0.1, 0.15) is 11.9 Å². The number of hydrogen-bond donors (Lipinski definition) is 3. The molecule has 0 aliphatic heterocycles. The molecule has 2 aromatic heterocycles. The predicted octanol–water partition coefficient (Wildman–Crippen LogP) is 0.862. The number of carboxylic acid groups (broad SMARTS) is 1. The second kappa shape index (κ2) is 7.33. The number of H-pyrrole nitrogens is 1. The number of halogens is 3. The summed E-state index contributed by atoms with van der Waals surface area (Å²) in [7, 11) is 0. The van der Waals surface area contributed by atoms with Crippen LogP contribution >= 0.6 is 0 Å². The van der Waals surface area contributed by atoms with Gasteiger partial charge in [0, 0.05) is 0 Å². The van der Waals surface area contributed by atoms with Crippen molar-refractivity contribution in [3.8, 4) is 5.95 Å². The monoisotopic (exact) mass is 373 g/mol. The van der Waals surface area contributed by atoms with Crippen LogP contribution < -0.4 is 5.32 Å². The van der Waals surface area contributed by atoms with E-state index in [1.165, 1.54) is 6.92 Å². The Kier molecular flexibility index (Phi) is 5.38. The highest BCUT2D eigenvalue weighted by Gasteiger charge is 2.36. The molecular formula is C13H14F3N7O3.